The molecule has 19 heavy (non-hydrogen) atoms. The van der Waals surface area contributed by atoms with Crippen LogP contribution >= 0.6 is 0 Å². The lowest BCUT2D eigenvalue weighted by molar-refractivity contribution is 1.09. The average molecular weight is 251 g/mol. The maximum Gasteiger partial charge on any atom is 0.138 e. The molecule has 3 aromatic rings. The zero-order valence-electron chi connectivity index (χ0n) is 11.2. The average Bonchev–Trinajstić information content (AvgIpc) is 2.68. The van der Waals surface area contributed by atoms with Gasteiger partial charge in [-0.3, -0.25) is 4.40 Å². The van der Waals surface area contributed by atoms with Gasteiger partial charge in [-0.25, -0.2) is 4.98 Å². The molecule has 0 fully saturated rings. The van der Waals surface area contributed by atoms with E-state index in [1.54, 1.807) is 0 Å². The van der Waals surface area contributed by atoms with Crippen LogP contribution in [-0.4, -0.2) is 9.38 Å². The monoisotopic (exact) mass is 251 g/mol. The van der Waals surface area contributed by atoms with Crippen molar-refractivity contribution in [2.24, 2.45) is 0 Å². The third-order valence-electron chi connectivity index (χ3n) is 3.40. The molecular weight excluding hydrogens is 234 g/mol. The zero-order chi connectivity index (χ0) is 13.4. The number of imidazole rings is 1. The second kappa shape index (κ2) is 4.43. The second-order valence-corrected chi connectivity index (χ2v) is 4.97. The number of pyridine rings is 1. The Morgan fingerprint density at radius 2 is 1.89 bits per heavy atom. The van der Waals surface area contributed by atoms with E-state index in [2.05, 4.69) is 36.2 Å². The van der Waals surface area contributed by atoms with E-state index in [0.717, 1.165) is 29.3 Å². The fourth-order valence-electron chi connectivity index (χ4n) is 2.47. The van der Waals surface area contributed by atoms with Crippen molar-refractivity contribution in [3.8, 4) is 0 Å². The molecule has 0 saturated carbocycles. The minimum absolute atomic E-state index is 0.745. The van der Waals surface area contributed by atoms with Crippen LogP contribution in [0.15, 0.2) is 42.5 Å². The number of benzene rings is 1. The van der Waals surface area contributed by atoms with E-state index >= 15 is 0 Å². The van der Waals surface area contributed by atoms with Gasteiger partial charge in [0.15, 0.2) is 0 Å². The molecule has 3 heteroatoms. The van der Waals surface area contributed by atoms with E-state index in [1.807, 2.05) is 29.5 Å². The molecule has 0 saturated heterocycles. The summed E-state index contributed by atoms with van der Waals surface area (Å²) in [5.74, 6) is 0.745. The topological polar surface area (TPSA) is 43.3 Å². The van der Waals surface area contributed by atoms with Crippen LogP contribution in [0.25, 0.3) is 5.65 Å². The largest absolute Gasteiger partial charge is 0.383 e. The number of hydrogen-bond donors (Lipinski definition) is 1. The highest BCUT2D eigenvalue weighted by Gasteiger charge is 2.10. The molecule has 2 aromatic heterocycles. The molecule has 1 aromatic carbocycles. The SMILES string of the molecule is Cc1cccc(Cc2nc3cccc(C)n3c2N)c1. The van der Waals surface area contributed by atoms with Crippen LogP contribution in [0.3, 0.4) is 0 Å². The van der Waals surface area contributed by atoms with E-state index in [-0.39, 0.29) is 0 Å². The molecule has 3 nitrogen and oxygen atoms in total. The van der Waals surface area contributed by atoms with Gasteiger partial charge in [0.25, 0.3) is 0 Å². The van der Waals surface area contributed by atoms with E-state index in [0.29, 0.717) is 0 Å². The summed E-state index contributed by atoms with van der Waals surface area (Å²) >= 11 is 0. The normalized spacial score (nSPS) is 11.1. The lowest BCUT2D eigenvalue weighted by Gasteiger charge is -2.03. The number of anilines is 1. The third kappa shape index (κ3) is 2.08. The molecule has 0 aliphatic heterocycles. The maximum absolute atomic E-state index is 6.23. The number of rotatable bonds is 2. The first-order valence-electron chi connectivity index (χ1n) is 6.43. The first-order valence-corrected chi connectivity index (χ1v) is 6.43. The molecule has 0 bridgehead atoms. The first-order chi connectivity index (χ1) is 9.15. The van der Waals surface area contributed by atoms with Crippen LogP contribution in [0, 0.1) is 13.8 Å². The van der Waals surface area contributed by atoms with Gasteiger partial charge in [-0.2, -0.15) is 0 Å². The van der Waals surface area contributed by atoms with Crippen molar-refractivity contribution in [2.75, 3.05) is 5.73 Å². The standard InChI is InChI=1S/C16H17N3/c1-11-5-3-7-13(9-11)10-14-16(17)19-12(2)6-4-8-15(19)18-14/h3-9H,10,17H2,1-2H3. The summed E-state index contributed by atoms with van der Waals surface area (Å²) in [6.45, 7) is 4.14. The number of hydrogen-bond acceptors (Lipinski definition) is 2. The molecule has 0 unspecified atom stereocenters. The van der Waals surface area contributed by atoms with Gasteiger partial charge in [0.1, 0.15) is 11.5 Å². The molecule has 3 rings (SSSR count). The van der Waals surface area contributed by atoms with Crippen molar-refractivity contribution in [1.82, 2.24) is 9.38 Å². The Bertz CT molecular complexity index is 741. The molecule has 0 aliphatic rings. The van der Waals surface area contributed by atoms with Crippen molar-refractivity contribution in [3.05, 3.63) is 65.0 Å². The summed E-state index contributed by atoms with van der Waals surface area (Å²) in [5, 5.41) is 0. The lowest BCUT2D eigenvalue weighted by Crippen LogP contribution is -1.99. The number of aromatic nitrogens is 2. The number of nitrogens with zero attached hydrogens (tertiary/aromatic N) is 2. The van der Waals surface area contributed by atoms with Crippen molar-refractivity contribution in [2.45, 2.75) is 20.3 Å². The van der Waals surface area contributed by atoms with Gasteiger partial charge in [-0.15, -0.1) is 0 Å². The van der Waals surface area contributed by atoms with Crippen LogP contribution < -0.4 is 5.73 Å². The van der Waals surface area contributed by atoms with E-state index in [9.17, 15) is 0 Å². The molecule has 0 amide bonds. The summed E-state index contributed by atoms with van der Waals surface area (Å²) in [6, 6.07) is 14.5. The minimum atomic E-state index is 0.745. The van der Waals surface area contributed by atoms with Crippen LogP contribution in [0.4, 0.5) is 5.82 Å². The van der Waals surface area contributed by atoms with E-state index in [4.69, 9.17) is 5.73 Å². The molecule has 0 aliphatic carbocycles. The molecule has 2 heterocycles. The summed E-state index contributed by atoms with van der Waals surface area (Å²) < 4.78 is 2.01. The Morgan fingerprint density at radius 3 is 2.63 bits per heavy atom. The van der Waals surface area contributed by atoms with Crippen molar-refractivity contribution in [1.29, 1.82) is 0 Å². The van der Waals surface area contributed by atoms with Crippen LogP contribution in [-0.2, 0) is 6.42 Å². The smallest absolute Gasteiger partial charge is 0.138 e. The highest BCUT2D eigenvalue weighted by Crippen LogP contribution is 2.20. The Hall–Kier alpha value is -2.29. The molecule has 2 N–H and O–H groups in total. The molecule has 0 atom stereocenters. The van der Waals surface area contributed by atoms with Gasteiger partial charge in [-0.1, -0.05) is 35.9 Å². The number of nitrogens with two attached hydrogens (primary N) is 1. The van der Waals surface area contributed by atoms with Crippen molar-refractivity contribution in [3.63, 3.8) is 0 Å². The van der Waals surface area contributed by atoms with Crippen LogP contribution in [0.5, 0.6) is 0 Å². The quantitative estimate of drug-likeness (QED) is 0.760. The van der Waals surface area contributed by atoms with Crippen molar-refractivity contribution >= 4 is 11.5 Å². The number of aryl methyl sites for hydroxylation is 2. The fraction of sp³-hybridized carbons (Fsp3) is 0.188. The Kier molecular flexibility index (Phi) is 2.75. The zero-order valence-corrected chi connectivity index (χ0v) is 11.2. The molecule has 0 spiro atoms. The highest BCUT2D eigenvalue weighted by molar-refractivity contribution is 5.55. The van der Waals surface area contributed by atoms with Gasteiger partial charge in [0, 0.05) is 12.1 Å². The van der Waals surface area contributed by atoms with Gasteiger partial charge in [0.2, 0.25) is 0 Å². The van der Waals surface area contributed by atoms with Gasteiger partial charge in [-0.05, 0) is 31.5 Å². The summed E-state index contributed by atoms with van der Waals surface area (Å²) in [4.78, 5) is 4.64. The predicted molar refractivity (Wildman–Crippen MR) is 78.3 cm³/mol. The molecule has 0 radical (unpaired) electrons. The number of fused-ring (bicyclic) bond motifs is 1. The summed E-state index contributed by atoms with van der Waals surface area (Å²) in [7, 11) is 0. The fourth-order valence-corrected chi connectivity index (χ4v) is 2.47. The van der Waals surface area contributed by atoms with E-state index in [1.165, 1.54) is 11.1 Å². The Morgan fingerprint density at radius 1 is 1.11 bits per heavy atom. The number of nitrogen functional groups attached to an aromatic ring is 1. The van der Waals surface area contributed by atoms with E-state index < -0.39 is 0 Å². The summed E-state index contributed by atoms with van der Waals surface area (Å²) in [5.41, 5.74) is 11.7. The first kappa shape index (κ1) is 11.8. The third-order valence-corrected chi connectivity index (χ3v) is 3.40. The predicted octanol–water partition coefficient (Wildman–Crippen LogP) is 3.12. The molecule has 96 valence electrons. The lowest BCUT2D eigenvalue weighted by atomic mass is 10.1. The minimum Gasteiger partial charge on any atom is -0.383 e. The maximum atomic E-state index is 6.23. The Labute approximate surface area is 112 Å². The van der Waals surface area contributed by atoms with Gasteiger partial charge >= 0.3 is 0 Å². The van der Waals surface area contributed by atoms with Crippen LogP contribution in [0.2, 0.25) is 0 Å². The summed E-state index contributed by atoms with van der Waals surface area (Å²) in [6.07, 6.45) is 0.772. The van der Waals surface area contributed by atoms with Crippen LogP contribution in [0.1, 0.15) is 22.5 Å². The van der Waals surface area contributed by atoms with Gasteiger partial charge in [0.05, 0.1) is 5.69 Å². The molecular formula is C16H17N3. The second-order valence-electron chi connectivity index (χ2n) is 4.97. The van der Waals surface area contributed by atoms with Gasteiger partial charge < -0.3 is 5.73 Å². The Balaban J connectivity index is 2.06. The van der Waals surface area contributed by atoms with Crippen molar-refractivity contribution < 1.29 is 0 Å². The highest BCUT2D eigenvalue weighted by atomic mass is 15.1.